The molecule has 8 heteroatoms. The lowest BCUT2D eigenvalue weighted by Crippen LogP contribution is -2.50. The summed E-state index contributed by atoms with van der Waals surface area (Å²) in [6.45, 7) is 6.49. The van der Waals surface area contributed by atoms with Gasteiger partial charge in [-0.3, -0.25) is 15.0 Å². The van der Waals surface area contributed by atoms with Crippen molar-refractivity contribution >= 4 is 23.3 Å². The molecule has 8 nitrogen and oxygen atoms in total. The number of fused-ring (bicyclic) bond motifs is 1. The van der Waals surface area contributed by atoms with Crippen LogP contribution in [0.3, 0.4) is 0 Å². The van der Waals surface area contributed by atoms with E-state index in [4.69, 9.17) is 9.47 Å². The van der Waals surface area contributed by atoms with Crippen molar-refractivity contribution in [2.45, 2.75) is 6.92 Å². The fourth-order valence-corrected chi connectivity index (χ4v) is 3.64. The first-order valence-corrected chi connectivity index (χ1v) is 10.1. The number of anilines is 2. The summed E-state index contributed by atoms with van der Waals surface area (Å²) in [5.74, 6) is 0.902. The Morgan fingerprint density at radius 2 is 1.73 bits per heavy atom. The average Bonchev–Trinajstić information content (AvgIpc) is 2.74. The van der Waals surface area contributed by atoms with E-state index in [0.717, 1.165) is 26.2 Å². The number of rotatable bonds is 4. The Bertz CT molecular complexity index is 925. The van der Waals surface area contributed by atoms with E-state index >= 15 is 0 Å². The molecule has 1 saturated heterocycles. The van der Waals surface area contributed by atoms with Gasteiger partial charge in [0.25, 0.3) is 0 Å². The zero-order valence-electron chi connectivity index (χ0n) is 17.0. The zero-order valence-corrected chi connectivity index (χ0v) is 17.0. The standard InChI is InChI=1S/C22H26N4O4/c1-16-3-2-4-18(13-16)26-9-7-25(8-10-26)15-21(27)24-22(28)23-17-5-6-19-20(14-17)30-12-11-29-19/h2-6,13-14H,7-12,15H2,1H3,(H2,23,24,27,28). The largest absolute Gasteiger partial charge is 0.486 e. The van der Waals surface area contributed by atoms with Crippen molar-refractivity contribution < 1.29 is 19.1 Å². The third-order valence-corrected chi connectivity index (χ3v) is 5.16. The molecule has 1 fully saturated rings. The SMILES string of the molecule is Cc1cccc(N2CCN(CC(=O)NC(=O)Nc3ccc4c(c3)OCCO4)CC2)c1. The monoisotopic (exact) mass is 410 g/mol. The predicted molar refractivity (Wildman–Crippen MR) is 114 cm³/mol. The van der Waals surface area contributed by atoms with Gasteiger partial charge in [-0.05, 0) is 36.8 Å². The van der Waals surface area contributed by atoms with E-state index in [1.165, 1.54) is 11.3 Å². The molecule has 2 heterocycles. The second-order valence-corrected chi connectivity index (χ2v) is 7.46. The van der Waals surface area contributed by atoms with Crippen LogP contribution in [-0.4, -0.2) is 62.8 Å². The van der Waals surface area contributed by atoms with Crippen LogP contribution in [-0.2, 0) is 4.79 Å². The van der Waals surface area contributed by atoms with Gasteiger partial charge in [0, 0.05) is 43.6 Å². The lowest BCUT2D eigenvalue weighted by molar-refractivity contribution is -0.121. The van der Waals surface area contributed by atoms with Gasteiger partial charge >= 0.3 is 6.03 Å². The smallest absolute Gasteiger partial charge is 0.325 e. The van der Waals surface area contributed by atoms with Crippen LogP contribution >= 0.6 is 0 Å². The summed E-state index contributed by atoms with van der Waals surface area (Å²) < 4.78 is 11.0. The maximum atomic E-state index is 12.3. The van der Waals surface area contributed by atoms with Crippen molar-refractivity contribution in [1.82, 2.24) is 10.2 Å². The van der Waals surface area contributed by atoms with Crippen LogP contribution in [0, 0.1) is 6.92 Å². The summed E-state index contributed by atoms with van der Waals surface area (Å²) >= 11 is 0. The van der Waals surface area contributed by atoms with Crippen LogP contribution in [0.25, 0.3) is 0 Å². The molecule has 2 aliphatic rings. The summed E-state index contributed by atoms with van der Waals surface area (Å²) in [6, 6.07) is 13.0. The van der Waals surface area contributed by atoms with Gasteiger partial charge in [-0.25, -0.2) is 4.79 Å². The van der Waals surface area contributed by atoms with Crippen molar-refractivity contribution in [3.63, 3.8) is 0 Å². The first kappa shape index (κ1) is 20.0. The lowest BCUT2D eigenvalue weighted by Gasteiger charge is -2.35. The first-order chi connectivity index (χ1) is 14.6. The molecule has 0 aliphatic carbocycles. The first-order valence-electron chi connectivity index (χ1n) is 10.1. The van der Waals surface area contributed by atoms with E-state index in [1.807, 2.05) is 0 Å². The highest BCUT2D eigenvalue weighted by Crippen LogP contribution is 2.32. The molecule has 2 aromatic carbocycles. The van der Waals surface area contributed by atoms with Gasteiger partial charge in [-0.15, -0.1) is 0 Å². The van der Waals surface area contributed by atoms with Gasteiger partial charge in [0.15, 0.2) is 11.5 Å². The number of carbonyl (C=O) groups is 2. The zero-order chi connectivity index (χ0) is 20.9. The fraction of sp³-hybridized carbons (Fsp3) is 0.364. The Labute approximate surface area is 175 Å². The normalized spacial score (nSPS) is 16.1. The predicted octanol–water partition coefficient (Wildman–Crippen LogP) is 2.24. The molecule has 0 radical (unpaired) electrons. The van der Waals surface area contributed by atoms with E-state index in [-0.39, 0.29) is 12.5 Å². The number of nitrogens with one attached hydrogen (secondary N) is 2. The van der Waals surface area contributed by atoms with E-state index in [1.54, 1.807) is 18.2 Å². The highest BCUT2D eigenvalue weighted by atomic mass is 16.6. The van der Waals surface area contributed by atoms with Gasteiger partial charge in [0.2, 0.25) is 5.91 Å². The van der Waals surface area contributed by atoms with Crippen molar-refractivity contribution in [3.05, 3.63) is 48.0 Å². The molecule has 0 spiro atoms. The summed E-state index contributed by atoms with van der Waals surface area (Å²) in [7, 11) is 0. The summed E-state index contributed by atoms with van der Waals surface area (Å²) in [6.07, 6.45) is 0. The Morgan fingerprint density at radius 1 is 0.967 bits per heavy atom. The second-order valence-electron chi connectivity index (χ2n) is 7.46. The number of hydrogen-bond donors (Lipinski definition) is 2. The van der Waals surface area contributed by atoms with Crippen LogP contribution < -0.4 is 25.0 Å². The number of nitrogens with zero attached hydrogens (tertiary/aromatic N) is 2. The van der Waals surface area contributed by atoms with Crippen molar-refractivity contribution in [1.29, 1.82) is 0 Å². The van der Waals surface area contributed by atoms with E-state index in [0.29, 0.717) is 30.4 Å². The quantitative estimate of drug-likeness (QED) is 0.805. The molecule has 30 heavy (non-hydrogen) atoms. The molecular formula is C22H26N4O4. The van der Waals surface area contributed by atoms with Crippen molar-refractivity contribution in [3.8, 4) is 11.5 Å². The van der Waals surface area contributed by atoms with Crippen LogP contribution in [0.15, 0.2) is 42.5 Å². The summed E-state index contributed by atoms with van der Waals surface area (Å²) in [4.78, 5) is 28.8. The van der Waals surface area contributed by atoms with Gasteiger partial charge in [-0.1, -0.05) is 12.1 Å². The van der Waals surface area contributed by atoms with Crippen molar-refractivity contribution in [2.24, 2.45) is 0 Å². The number of benzene rings is 2. The number of amides is 3. The number of hydrogen-bond acceptors (Lipinski definition) is 6. The topological polar surface area (TPSA) is 83.1 Å². The Balaban J connectivity index is 1.22. The third kappa shape index (κ3) is 5.01. The van der Waals surface area contributed by atoms with Gasteiger partial charge in [0.05, 0.1) is 6.54 Å². The molecule has 158 valence electrons. The molecular weight excluding hydrogens is 384 g/mol. The highest BCUT2D eigenvalue weighted by molar-refractivity contribution is 6.01. The molecule has 0 saturated carbocycles. The third-order valence-electron chi connectivity index (χ3n) is 5.16. The van der Waals surface area contributed by atoms with Gasteiger partial charge in [0.1, 0.15) is 13.2 Å². The fourth-order valence-electron chi connectivity index (χ4n) is 3.64. The minimum absolute atomic E-state index is 0.191. The number of ether oxygens (including phenoxy) is 2. The van der Waals surface area contributed by atoms with Crippen molar-refractivity contribution in [2.75, 3.05) is 56.2 Å². The average molecular weight is 410 g/mol. The second kappa shape index (κ2) is 9.04. The number of aryl methyl sites for hydroxylation is 1. The lowest BCUT2D eigenvalue weighted by atomic mass is 10.2. The minimum Gasteiger partial charge on any atom is -0.486 e. The Kier molecular flexibility index (Phi) is 6.04. The number of piperazine rings is 1. The highest BCUT2D eigenvalue weighted by Gasteiger charge is 2.20. The maximum Gasteiger partial charge on any atom is 0.325 e. The minimum atomic E-state index is -0.560. The molecule has 0 bridgehead atoms. The Hall–Kier alpha value is -3.26. The van der Waals surface area contributed by atoms with E-state index < -0.39 is 6.03 Å². The molecule has 4 rings (SSSR count). The van der Waals surface area contributed by atoms with Gasteiger partial charge < -0.3 is 19.7 Å². The van der Waals surface area contributed by atoms with E-state index in [2.05, 4.69) is 51.6 Å². The number of urea groups is 1. The van der Waals surface area contributed by atoms with Gasteiger partial charge in [-0.2, -0.15) is 0 Å². The Morgan fingerprint density at radius 3 is 2.50 bits per heavy atom. The van der Waals surface area contributed by atoms with Crippen LogP contribution in [0.4, 0.5) is 16.2 Å². The molecule has 0 aromatic heterocycles. The van der Waals surface area contributed by atoms with Crippen LogP contribution in [0.2, 0.25) is 0 Å². The number of imide groups is 1. The molecule has 0 unspecified atom stereocenters. The van der Waals surface area contributed by atoms with Crippen LogP contribution in [0.5, 0.6) is 11.5 Å². The maximum absolute atomic E-state index is 12.3. The summed E-state index contributed by atoms with van der Waals surface area (Å²) in [5.41, 5.74) is 2.98. The van der Waals surface area contributed by atoms with Crippen LogP contribution in [0.1, 0.15) is 5.56 Å². The molecule has 2 aliphatic heterocycles. The van der Waals surface area contributed by atoms with E-state index in [9.17, 15) is 9.59 Å². The molecule has 2 aromatic rings. The summed E-state index contributed by atoms with van der Waals surface area (Å²) in [5, 5.41) is 5.05. The molecule has 0 atom stereocenters. The number of carbonyl (C=O) groups excluding carboxylic acids is 2. The molecule has 2 N–H and O–H groups in total. The molecule has 3 amide bonds.